The van der Waals surface area contributed by atoms with Gasteiger partial charge in [0.15, 0.2) is 0 Å². The molecule has 3 rings (SSSR count). The second-order valence-electron chi connectivity index (χ2n) is 6.28. The third-order valence-electron chi connectivity index (χ3n) is 4.94. The van der Waals surface area contributed by atoms with Crippen LogP contribution < -0.4 is 0 Å². The van der Waals surface area contributed by atoms with Gasteiger partial charge in [-0.2, -0.15) is 0 Å². The fourth-order valence-electron chi connectivity index (χ4n) is 3.18. The first-order valence-electron chi connectivity index (χ1n) is 8.35. The zero-order valence-corrected chi connectivity index (χ0v) is 14.1. The molecule has 0 amide bonds. The van der Waals surface area contributed by atoms with E-state index in [0.717, 1.165) is 69.2 Å². The Hall–Kier alpha value is -0.980. The highest BCUT2D eigenvalue weighted by Gasteiger charge is 2.28. The highest BCUT2D eigenvalue weighted by molar-refractivity contribution is 7.13. The monoisotopic (exact) mass is 323 g/mol. The number of aromatic nitrogens is 1. The Morgan fingerprint density at radius 1 is 1.27 bits per heavy atom. The summed E-state index contributed by atoms with van der Waals surface area (Å²) >= 11 is 1.39. The number of hydrogen-bond acceptors (Lipinski definition) is 5. The summed E-state index contributed by atoms with van der Waals surface area (Å²) < 4.78 is 0. The van der Waals surface area contributed by atoms with Crippen LogP contribution in [0.4, 0.5) is 0 Å². The first kappa shape index (κ1) is 15.9. The molecule has 2 heterocycles. The van der Waals surface area contributed by atoms with Gasteiger partial charge in [-0.25, -0.2) is 9.78 Å². The van der Waals surface area contributed by atoms with Gasteiger partial charge in [0.2, 0.25) is 0 Å². The molecule has 1 saturated heterocycles. The first-order valence-corrected chi connectivity index (χ1v) is 9.16. The molecule has 22 heavy (non-hydrogen) atoms. The number of thiazole rings is 1. The quantitative estimate of drug-likeness (QED) is 0.870. The van der Waals surface area contributed by atoms with Crippen molar-refractivity contribution in [3.63, 3.8) is 0 Å². The summed E-state index contributed by atoms with van der Waals surface area (Å²) in [7, 11) is 0. The SMILES string of the molecule is CCN1CCN(CCc2nc(C3CCC3)c(C(=O)O)s2)CC1. The predicted molar refractivity (Wildman–Crippen MR) is 87.9 cm³/mol. The van der Waals surface area contributed by atoms with Crippen molar-refractivity contribution in [3.8, 4) is 0 Å². The van der Waals surface area contributed by atoms with Crippen molar-refractivity contribution >= 4 is 17.3 Å². The van der Waals surface area contributed by atoms with Gasteiger partial charge in [-0.3, -0.25) is 0 Å². The van der Waals surface area contributed by atoms with E-state index < -0.39 is 5.97 Å². The van der Waals surface area contributed by atoms with Crippen molar-refractivity contribution in [2.24, 2.45) is 0 Å². The van der Waals surface area contributed by atoms with E-state index in [-0.39, 0.29) is 0 Å². The highest BCUT2D eigenvalue weighted by Crippen LogP contribution is 2.39. The summed E-state index contributed by atoms with van der Waals surface area (Å²) in [4.78, 5) is 21.5. The maximum absolute atomic E-state index is 11.4. The van der Waals surface area contributed by atoms with E-state index in [2.05, 4.69) is 21.7 Å². The molecule has 1 aliphatic heterocycles. The summed E-state index contributed by atoms with van der Waals surface area (Å²) in [6.07, 6.45) is 4.28. The van der Waals surface area contributed by atoms with Gasteiger partial charge in [0.05, 0.1) is 10.7 Å². The van der Waals surface area contributed by atoms with Gasteiger partial charge >= 0.3 is 5.97 Å². The van der Waals surface area contributed by atoms with Gasteiger partial charge in [0.25, 0.3) is 0 Å². The molecular formula is C16H25N3O2S. The molecule has 1 aliphatic carbocycles. The number of nitrogens with zero attached hydrogens (tertiary/aromatic N) is 3. The molecule has 122 valence electrons. The molecule has 1 aromatic rings. The number of rotatable bonds is 6. The van der Waals surface area contributed by atoms with E-state index in [1.165, 1.54) is 17.8 Å². The molecule has 0 radical (unpaired) electrons. The molecule has 5 nitrogen and oxygen atoms in total. The average molecular weight is 323 g/mol. The fourth-order valence-corrected chi connectivity index (χ4v) is 4.16. The minimum Gasteiger partial charge on any atom is -0.477 e. The molecule has 1 aromatic heterocycles. The van der Waals surface area contributed by atoms with Crippen molar-refractivity contribution in [1.82, 2.24) is 14.8 Å². The largest absolute Gasteiger partial charge is 0.477 e. The van der Waals surface area contributed by atoms with Crippen LogP contribution in [0.25, 0.3) is 0 Å². The van der Waals surface area contributed by atoms with Crippen LogP contribution in [0.5, 0.6) is 0 Å². The van der Waals surface area contributed by atoms with E-state index in [1.807, 2.05) is 0 Å². The van der Waals surface area contributed by atoms with E-state index in [4.69, 9.17) is 0 Å². The molecule has 2 aliphatic rings. The number of carboxylic acids is 1. The van der Waals surface area contributed by atoms with E-state index in [0.29, 0.717) is 10.8 Å². The molecule has 1 N–H and O–H groups in total. The van der Waals surface area contributed by atoms with Gasteiger partial charge < -0.3 is 14.9 Å². The van der Waals surface area contributed by atoms with Crippen LogP contribution in [0.3, 0.4) is 0 Å². The Labute approximate surface area is 135 Å². The summed E-state index contributed by atoms with van der Waals surface area (Å²) in [6, 6.07) is 0. The maximum Gasteiger partial charge on any atom is 0.347 e. The Kier molecular flexibility index (Phi) is 5.10. The zero-order valence-electron chi connectivity index (χ0n) is 13.3. The number of piperazine rings is 1. The van der Waals surface area contributed by atoms with Crippen LogP contribution in [0.15, 0.2) is 0 Å². The molecular weight excluding hydrogens is 298 g/mol. The minimum absolute atomic E-state index is 0.393. The molecule has 0 unspecified atom stereocenters. The molecule has 0 bridgehead atoms. The van der Waals surface area contributed by atoms with Crippen LogP contribution in [0.1, 0.15) is 52.5 Å². The third kappa shape index (κ3) is 3.50. The zero-order chi connectivity index (χ0) is 15.5. The molecule has 0 atom stereocenters. The Morgan fingerprint density at radius 3 is 2.50 bits per heavy atom. The van der Waals surface area contributed by atoms with Crippen LogP contribution in [-0.4, -0.2) is 65.1 Å². The van der Waals surface area contributed by atoms with E-state index >= 15 is 0 Å². The van der Waals surface area contributed by atoms with Crippen LogP contribution in [0.2, 0.25) is 0 Å². The number of carboxylic acid groups (broad SMARTS) is 1. The molecule has 6 heteroatoms. The lowest BCUT2D eigenvalue weighted by molar-refractivity contribution is 0.0699. The van der Waals surface area contributed by atoms with Crippen molar-refractivity contribution in [2.45, 2.75) is 38.5 Å². The van der Waals surface area contributed by atoms with Crippen LogP contribution >= 0.6 is 11.3 Å². The summed E-state index contributed by atoms with van der Waals surface area (Å²) in [5.74, 6) is -0.411. The maximum atomic E-state index is 11.4. The van der Waals surface area contributed by atoms with Gasteiger partial charge in [-0.15, -0.1) is 11.3 Å². The number of likely N-dealkylation sites (N-methyl/N-ethyl adjacent to an activating group) is 1. The molecule has 1 saturated carbocycles. The first-order chi connectivity index (χ1) is 10.7. The van der Waals surface area contributed by atoms with E-state index in [1.54, 1.807) is 0 Å². The Bertz CT molecular complexity index is 519. The lowest BCUT2D eigenvalue weighted by Gasteiger charge is -2.33. The summed E-state index contributed by atoms with van der Waals surface area (Å²) in [6.45, 7) is 8.84. The Balaban J connectivity index is 1.57. The van der Waals surface area contributed by atoms with Crippen molar-refractivity contribution < 1.29 is 9.90 Å². The van der Waals surface area contributed by atoms with Gasteiger partial charge in [-0.1, -0.05) is 13.3 Å². The van der Waals surface area contributed by atoms with Gasteiger partial charge in [0.1, 0.15) is 4.88 Å². The molecule has 0 spiro atoms. The summed E-state index contributed by atoms with van der Waals surface area (Å²) in [5, 5.41) is 10.4. The number of carbonyl (C=O) groups is 1. The predicted octanol–water partition coefficient (Wildman–Crippen LogP) is 2.29. The van der Waals surface area contributed by atoms with Gasteiger partial charge in [-0.05, 0) is 19.4 Å². The summed E-state index contributed by atoms with van der Waals surface area (Å²) in [5.41, 5.74) is 0.856. The number of hydrogen-bond donors (Lipinski definition) is 1. The standard InChI is InChI=1S/C16H25N3O2S/c1-2-18-8-10-19(11-9-18)7-6-13-17-14(12-4-3-5-12)15(22-13)16(20)21/h12H,2-11H2,1H3,(H,20,21). The second kappa shape index (κ2) is 7.06. The lowest BCUT2D eigenvalue weighted by Crippen LogP contribution is -2.46. The minimum atomic E-state index is -0.804. The van der Waals surface area contributed by atoms with E-state index in [9.17, 15) is 9.90 Å². The van der Waals surface area contributed by atoms with Crippen molar-refractivity contribution in [2.75, 3.05) is 39.3 Å². The smallest absolute Gasteiger partial charge is 0.347 e. The lowest BCUT2D eigenvalue weighted by atomic mass is 9.82. The Morgan fingerprint density at radius 2 is 1.95 bits per heavy atom. The highest BCUT2D eigenvalue weighted by atomic mass is 32.1. The van der Waals surface area contributed by atoms with Crippen LogP contribution in [0, 0.1) is 0 Å². The normalized spacial score (nSPS) is 21.0. The molecule has 2 fully saturated rings. The van der Waals surface area contributed by atoms with Gasteiger partial charge in [0, 0.05) is 45.1 Å². The average Bonchev–Trinajstić information content (AvgIpc) is 2.88. The third-order valence-corrected chi connectivity index (χ3v) is 6.06. The molecule has 0 aromatic carbocycles. The number of aromatic carboxylic acids is 1. The van der Waals surface area contributed by atoms with Crippen LogP contribution in [-0.2, 0) is 6.42 Å². The fraction of sp³-hybridized carbons (Fsp3) is 0.750. The topological polar surface area (TPSA) is 56.7 Å². The second-order valence-corrected chi connectivity index (χ2v) is 7.36. The van der Waals surface area contributed by atoms with Crippen molar-refractivity contribution in [1.29, 1.82) is 0 Å². The van der Waals surface area contributed by atoms with Crippen molar-refractivity contribution in [3.05, 3.63) is 15.6 Å².